The predicted octanol–water partition coefficient (Wildman–Crippen LogP) is 2.68. The molecule has 0 radical (unpaired) electrons. The van der Waals surface area contributed by atoms with Crippen LogP contribution in [0.2, 0.25) is 0 Å². The summed E-state index contributed by atoms with van der Waals surface area (Å²) in [5.74, 6) is -6.64. The number of Topliss-reactive ketones (excluding diaryl/α,β-unsaturated/α-hetero) is 1. The summed E-state index contributed by atoms with van der Waals surface area (Å²) in [4.78, 5) is 55.6. The molecule has 0 saturated carbocycles. The van der Waals surface area contributed by atoms with Crippen LogP contribution >= 0.6 is 0 Å². The van der Waals surface area contributed by atoms with Crippen molar-refractivity contribution in [2.75, 3.05) is 27.8 Å². The van der Waals surface area contributed by atoms with E-state index < -0.39 is 132 Å². The van der Waals surface area contributed by atoms with Crippen LogP contribution in [-0.4, -0.2) is 161 Å². The van der Waals surface area contributed by atoms with Gasteiger partial charge in [0.1, 0.15) is 23.6 Å². The molecule has 4 N–H and O–H groups in total. The van der Waals surface area contributed by atoms with Crippen molar-refractivity contribution in [2.45, 2.75) is 199 Å². The van der Waals surface area contributed by atoms with Crippen LogP contribution in [0.1, 0.15) is 115 Å². The van der Waals surface area contributed by atoms with E-state index in [9.17, 15) is 39.6 Å². The van der Waals surface area contributed by atoms with Crippen LogP contribution in [0.4, 0.5) is 0 Å². The zero-order chi connectivity index (χ0) is 45.7. The van der Waals surface area contributed by atoms with Crippen molar-refractivity contribution in [1.29, 1.82) is 0 Å². The maximum atomic E-state index is 14.3. The Kier molecular flexibility index (Phi) is 18.5. The van der Waals surface area contributed by atoms with Crippen molar-refractivity contribution >= 4 is 23.7 Å². The lowest BCUT2D eigenvalue weighted by Gasteiger charge is -2.49. The number of carbonyl (C=O) groups is 4. The lowest BCUT2D eigenvalue weighted by molar-refractivity contribution is -0.319. The molecule has 0 aromatic heterocycles. The normalized spacial score (nSPS) is 43.8. The third-order valence-electron chi connectivity index (χ3n) is 12.9. The van der Waals surface area contributed by atoms with Gasteiger partial charge in [0, 0.05) is 31.3 Å². The van der Waals surface area contributed by atoms with Crippen molar-refractivity contribution in [1.82, 2.24) is 4.90 Å². The summed E-state index contributed by atoms with van der Waals surface area (Å²) in [7, 11) is 5.09. The van der Waals surface area contributed by atoms with Crippen molar-refractivity contribution in [3.05, 3.63) is 0 Å². The molecule has 348 valence electrons. The first-order chi connectivity index (χ1) is 27.8. The van der Waals surface area contributed by atoms with Crippen LogP contribution in [0, 0.1) is 23.7 Å². The van der Waals surface area contributed by atoms with E-state index in [1.807, 2.05) is 25.9 Å². The summed E-state index contributed by atoms with van der Waals surface area (Å²) < 4.78 is 48.8. The summed E-state index contributed by atoms with van der Waals surface area (Å²) in [6, 6.07) is -0.443. The Balaban J connectivity index is 2.22. The van der Waals surface area contributed by atoms with Crippen molar-refractivity contribution in [3.8, 4) is 0 Å². The third kappa shape index (κ3) is 12.2. The van der Waals surface area contributed by atoms with Gasteiger partial charge < -0.3 is 63.2 Å². The average molecular weight is 862 g/mol. The first kappa shape index (κ1) is 52.0. The molecule has 60 heavy (non-hydrogen) atoms. The SMILES string of the molecule is CCOC(=O)CCC(=O)O[C@H]1[C@H](O[C@@H]2[C@@H](C)[C@H](O[C@H]3C[C@@](C)(OC)[C@@H](O)[C@H](C)O3)[C@@H](C)C(=O)O[C@H](CC)[C@@](C)(O)[C@H](O)[C@@H](C)C(=O)[C@H](C)CC2(C)O)O[C@H](C)C[C@@H]1N(C)C. The number of aliphatic hydroxyl groups excluding tert-OH is 2. The number of hydrogen-bond acceptors (Lipinski definition) is 17. The predicted molar refractivity (Wildman–Crippen MR) is 216 cm³/mol. The van der Waals surface area contributed by atoms with E-state index in [2.05, 4.69) is 0 Å². The number of likely N-dealkylation sites (N-methyl/N-ethyl adjacent to an activating group) is 1. The zero-order valence-electron chi connectivity index (χ0n) is 38.2. The Labute approximate surface area is 356 Å². The molecule has 17 heteroatoms. The van der Waals surface area contributed by atoms with Crippen LogP contribution in [0.3, 0.4) is 0 Å². The molecule has 0 aromatic carbocycles. The molecule has 1 unspecified atom stereocenters. The summed E-state index contributed by atoms with van der Waals surface area (Å²) >= 11 is 0. The topological polar surface area (TPSA) is 226 Å². The second-order valence-corrected chi connectivity index (χ2v) is 18.2. The first-order valence-corrected chi connectivity index (χ1v) is 21.5. The van der Waals surface area contributed by atoms with Gasteiger partial charge in [-0.1, -0.05) is 27.7 Å². The minimum atomic E-state index is -2.04. The lowest BCUT2D eigenvalue weighted by atomic mass is 9.74. The Morgan fingerprint density at radius 3 is 2.03 bits per heavy atom. The summed E-state index contributed by atoms with van der Waals surface area (Å²) in [6.45, 7) is 17.9. The van der Waals surface area contributed by atoms with E-state index in [1.54, 1.807) is 48.5 Å². The van der Waals surface area contributed by atoms with Gasteiger partial charge in [-0.05, 0) is 81.8 Å². The fourth-order valence-corrected chi connectivity index (χ4v) is 9.17. The van der Waals surface area contributed by atoms with Crippen molar-refractivity contribution in [2.24, 2.45) is 23.7 Å². The highest BCUT2D eigenvalue weighted by Gasteiger charge is 2.54. The quantitative estimate of drug-likeness (QED) is 0.163. The van der Waals surface area contributed by atoms with E-state index in [-0.39, 0.29) is 38.7 Å². The molecule has 3 fully saturated rings. The molecule has 3 heterocycles. The minimum absolute atomic E-state index is 0.0431. The number of ether oxygens (including phenoxy) is 8. The van der Waals surface area contributed by atoms with Crippen LogP contribution in [0.15, 0.2) is 0 Å². The van der Waals surface area contributed by atoms with Crippen LogP contribution < -0.4 is 0 Å². The van der Waals surface area contributed by atoms with E-state index in [0.717, 1.165) is 0 Å². The molecule has 17 nitrogen and oxygen atoms in total. The zero-order valence-corrected chi connectivity index (χ0v) is 38.2. The average Bonchev–Trinajstić information content (AvgIpc) is 3.17. The molecule has 0 aliphatic carbocycles. The lowest BCUT2D eigenvalue weighted by Crippen LogP contribution is -2.61. The molecular formula is C43H75NO16. The molecule has 0 aromatic rings. The van der Waals surface area contributed by atoms with E-state index in [1.165, 1.54) is 27.9 Å². The molecule has 0 amide bonds. The van der Waals surface area contributed by atoms with Gasteiger partial charge in [0.05, 0.1) is 73.1 Å². The van der Waals surface area contributed by atoms with Crippen molar-refractivity contribution in [3.63, 3.8) is 0 Å². The van der Waals surface area contributed by atoms with Gasteiger partial charge in [-0.2, -0.15) is 0 Å². The molecule has 3 rings (SSSR count). The van der Waals surface area contributed by atoms with Crippen molar-refractivity contribution < 1.29 is 77.5 Å². The highest BCUT2D eigenvalue weighted by Crippen LogP contribution is 2.41. The molecule has 3 saturated heterocycles. The first-order valence-electron chi connectivity index (χ1n) is 21.5. The Morgan fingerprint density at radius 1 is 0.850 bits per heavy atom. The van der Waals surface area contributed by atoms with Crippen LogP contribution in [0.25, 0.3) is 0 Å². The minimum Gasteiger partial charge on any atom is -0.466 e. The summed E-state index contributed by atoms with van der Waals surface area (Å²) in [6.07, 6.45) is -11.1. The molecule has 3 aliphatic rings. The summed E-state index contributed by atoms with van der Waals surface area (Å²) in [5, 5.41) is 46.8. The molecule has 3 aliphatic heterocycles. The van der Waals surface area contributed by atoms with Gasteiger partial charge >= 0.3 is 17.9 Å². The number of aliphatic hydroxyl groups is 4. The van der Waals surface area contributed by atoms with Gasteiger partial charge in [-0.15, -0.1) is 0 Å². The number of ketones is 1. The Bertz CT molecular complexity index is 1440. The number of nitrogens with zero attached hydrogens (tertiary/aromatic N) is 1. The van der Waals surface area contributed by atoms with Crippen LogP contribution in [0.5, 0.6) is 0 Å². The highest BCUT2D eigenvalue weighted by molar-refractivity contribution is 5.83. The third-order valence-corrected chi connectivity index (χ3v) is 12.9. The second kappa shape index (κ2) is 21.4. The van der Waals surface area contributed by atoms with Gasteiger partial charge in [0.2, 0.25) is 0 Å². The largest absolute Gasteiger partial charge is 0.466 e. The van der Waals surface area contributed by atoms with E-state index >= 15 is 0 Å². The monoisotopic (exact) mass is 862 g/mol. The Morgan fingerprint density at radius 2 is 1.47 bits per heavy atom. The second-order valence-electron chi connectivity index (χ2n) is 18.2. The van der Waals surface area contributed by atoms with Gasteiger partial charge in [-0.3, -0.25) is 19.2 Å². The number of methoxy groups -OCH3 is 1. The van der Waals surface area contributed by atoms with Gasteiger partial charge in [-0.25, -0.2) is 0 Å². The standard InChI is InChI=1S/C43H75NO16/c1-15-29-43(11,52)36(48)24(5)33(47)22(3)20-41(9,51)38(25(6)34(26(7)39(50)57-29)59-32-21-42(10,53-14)37(49)27(8)56-32)60-40-35(28(44(12)13)19-23(4)55-40)58-31(46)18-17-30(45)54-16-2/h22-29,32,34-38,40,48-49,51-52H,15-21H2,1-14H3/t22-,23-,24+,25+,26-,27+,28+,29-,32+,34+,35-,36-,37+,38-,40+,41?,42-,43-/m1/s1. The number of esters is 3. The molecule has 0 spiro atoms. The number of rotatable bonds is 12. The number of cyclic esters (lactones) is 1. The van der Waals surface area contributed by atoms with Crippen LogP contribution in [-0.2, 0) is 57.1 Å². The fourth-order valence-electron chi connectivity index (χ4n) is 9.17. The highest BCUT2D eigenvalue weighted by atomic mass is 16.7. The maximum absolute atomic E-state index is 14.3. The van der Waals surface area contributed by atoms with Gasteiger partial charge in [0.25, 0.3) is 0 Å². The van der Waals surface area contributed by atoms with Gasteiger partial charge in [0.15, 0.2) is 18.7 Å². The number of carbonyl (C=O) groups excluding carboxylic acids is 4. The smallest absolute Gasteiger partial charge is 0.311 e. The maximum Gasteiger partial charge on any atom is 0.311 e. The summed E-state index contributed by atoms with van der Waals surface area (Å²) in [5.41, 5.74) is -5.06. The Hall–Kier alpha value is -2.32. The molecular weight excluding hydrogens is 786 g/mol. The molecule has 18 atom stereocenters. The van der Waals surface area contributed by atoms with E-state index in [4.69, 9.17) is 37.9 Å². The molecule has 0 bridgehead atoms. The number of hydrogen-bond donors (Lipinski definition) is 4. The van der Waals surface area contributed by atoms with E-state index in [0.29, 0.717) is 6.42 Å². The fraction of sp³-hybridized carbons (Fsp3) is 0.907.